The maximum atomic E-state index is 10.2. The lowest BCUT2D eigenvalue weighted by Gasteiger charge is -2.41. The Labute approximate surface area is 139 Å². The highest BCUT2D eigenvalue weighted by molar-refractivity contribution is 5.15. The molecule has 2 fully saturated rings. The number of ether oxygens (including phenoxy) is 1. The van der Waals surface area contributed by atoms with E-state index in [0.717, 1.165) is 51.0 Å². The SMILES string of the molecule is COc1cccc(CNC2CCN([C@H]3CCCC[C@@H]3O)CC2)n1. The average molecular weight is 319 g/mol. The molecule has 2 aliphatic rings. The van der Waals surface area contributed by atoms with Gasteiger partial charge in [-0.1, -0.05) is 18.9 Å². The summed E-state index contributed by atoms with van der Waals surface area (Å²) in [5.41, 5.74) is 1.02. The van der Waals surface area contributed by atoms with Gasteiger partial charge in [0.25, 0.3) is 0 Å². The number of methoxy groups -OCH3 is 1. The highest BCUT2D eigenvalue weighted by atomic mass is 16.5. The quantitative estimate of drug-likeness (QED) is 0.869. The van der Waals surface area contributed by atoms with Crippen LogP contribution >= 0.6 is 0 Å². The third kappa shape index (κ3) is 4.43. The fraction of sp³-hybridized carbons (Fsp3) is 0.722. The Kier molecular flexibility index (Phi) is 5.86. The number of pyridine rings is 1. The van der Waals surface area contributed by atoms with Crippen molar-refractivity contribution in [3.05, 3.63) is 23.9 Å². The van der Waals surface area contributed by atoms with Crippen molar-refractivity contribution >= 4 is 0 Å². The molecule has 2 atom stereocenters. The Hall–Kier alpha value is -1.17. The van der Waals surface area contributed by atoms with Crippen LogP contribution in [0.15, 0.2) is 18.2 Å². The van der Waals surface area contributed by atoms with Crippen molar-refractivity contribution in [3.8, 4) is 5.88 Å². The molecule has 0 unspecified atom stereocenters. The van der Waals surface area contributed by atoms with Gasteiger partial charge in [0, 0.05) is 37.8 Å². The summed E-state index contributed by atoms with van der Waals surface area (Å²) in [6, 6.07) is 6.82. The molecule has 1 aliphatic heterocycles. The molecule has 1 aliphatic carbocycles. The first kappa shape index (κ1) is 16.7. The number of hydrogen-bond donors (Lipinski definition) is 2. The van der Waals surface area contributed by atoms with E-state index >= 15 is 0 Å². The lowest BCUT2D eigenvalue weighted by Crippen LogP contribution is -2.51. The van der Waals surface area contributed by atoms with Gasteiger partial charge < -0.3 is 15.2 Å². The number of aliphatic hydroxyl groups excluding tert-OH is 1. The number of aliphatic hydroxyl groups is 1. The summed E-state index contributed by atoms with van der Waals surface area (Å²) < 4.78 is 5.17. The monoisotopic (exact) mass is 319 g/mol. The zero-order valence-corrected chi connectivity index (χ0v) is 14.1. The van der Waals surface area contributed by atoms with Crippen LogP contribution in [0.1, 0.15) is 44.2 Å². The van der Waals surface area contributed by atoms with E-state index in [1.165, 1.54) is 12.8 Å². The van der Waals surface area contributed by atoms with Gasteiger partial charge in [-0.15, -0.1) is 0 Å². The van der Waals surface area contributed by atoms with E-state index in [9.17, 15) is 5.11 Å². The van der Waals surface area contributed by atoms with Crippen molar-refractivity contribution in [2.45, 2.75) is 63.3 Å². The van der Waals surface area contributed by atoms with Crippen LogP contribution in [0, 0.1) is 0 Å². The maximum absolute atomic E-state index is 10.2. The fourth-order valence-corrected chi connectivity index (χ4v) is 3.87. The molecule has 5 heteroatoms. The van der Waals surface area contributed by atoms with Crippen molar-refractivity contribution < 1.29 is 9.84 Å². The topological polar surface area (TPSA) is 57.6 Å². The second-order valence-electron chi connectivity index (χ2n) is 6.78. The molecule has 128 valence electrons. The number of hydrogen-bond acceptors (Lipinski definition) is 5. The van der Waals surface area contributed by atoms with Gasteiger partial charge in [0.15, 0.2) is 0 Å². The first-order valence-electron chi connectivity index (χ1n) is 8.91. The van der Waals surface area contributed by atoms with E-state index in [1.54, 1.807) is 7.11 Å². The molecule has 5 nitrogen and oxygen atoms in total. The van der Waals surface area contributed by atoms with E-state index in [2.05, 4.69) is 15.2 Å². The lowest BCUT2D eigenvalue weighted by atomic mass is 9.89. The van der Waals surface area contributed by atoms with Gasteiger partial charge in [0.2, 0.25) is 5.88 Å². The number of nitrogens with zero attached hydrogens (tertiary/aromatic N) is 2. The summed E-state index contributed by atoms with van der Waals surface area (Å²) in [6.07, 6.45) is 6.76. The highest BCUT2D eigenvalue weighted by Crippen LogP contribution is 2.26. The summed E-state index contributed by atoms with van der Waals surface area (Å²) in [5, 5.41) is 13.8. The molecule has 0 amide bonds. The Morgan fingerprint density at radius 2 is 2.00 bits per heavy atom. The predicted octanol–water partition coefficient (Wildman–Crippen LogP) is 1.95. The van der Waals surface area contributed by atoms with Crippen LogP contribution in [0.3, 0.4) is 0 Å². The van der Waals surface area contributed by atoms with Gasteiger partial charge >= 0.3 is 0 Å². The van der Waals surface area contributed by atoms with Crippen LogP contribution in [0.4, 0.5) is 0 Å². The second-order valence-corrected chi connectivity index (χ2v) is 6.78. The smallest absolute Gasteiger partial charge is 0.213 e. The molecule has 2 N–H and O–H groups in total. The lowest BCUT2D eigenvalue weighted by molar-refractivity contribution is 0.00712. The summed E-state index contributed by atoms with van der Waals surface area (Å²) in [4.78, 5) is 6.95. The second kappa shape index (κ2) is 8.08. The molecule has 1 saturated carbocycles. The van der Waals surface area contributed by atoms with E-state index in [1.807, 2.05) is 18.2 Å². The van der Waals surface area contributed by atoms with Crippen LogP contribution in [0.25, 0.3) is 0 Å². The number of aromatic nitrogens is 1. The minimum absolute atomic E-state index is 0.116. The molecule has 0 bridgehead atoms. The molecular weight excluding hydrogens is 290 g/mol. The maximum Gasteiger partial charge on any atom is 0.213 e. The summed E-state index contributed by atoms with van der Waals surface area (Å²) in [7, 11) is 1.65. The van der Waals surface area contributed by atoms with E-state index in [0.29, 0.717) is 18.0 Å². The molecule has 0 spiro atoms. The molecule has 2 heterocycles. The van der Waals surface area contributed by atoms with Crippen molar-refractivity contribution in [2.24, 2.45) is 0 Å². The fourth-order valence-electron chi connectivity index (χ4n) is 3.87. The first-order valence-corrected chi connectivity index (χ1v) is 8.91. The largest absolute Gasteiger partial charge is 0.481 e. The van der Waals surface area contributed by atoms with Gasteiger partial charge in [-0.2, -0.15) is 0 Å². The number of rotatable bonds is 5. The molecule has 3 rings (SSSR count). The summed E-state index contributed by atoms with van der Waals surface area (Å²) in [5.74, 6) is 0.672. The van der Waals surface area contributed by atoms with E-state index < -0.39 is 0 Å². The van der Waals surface area contributed by atoms with Gasteiger partial charge in [-0.25, -0.2) is 4.98 Å². The summed E-state index contributed by atoms with van der Waals surface area (Å²) in [6.45, 7) is 2.96. The first-order chi connectivity index (χ1) is 11.3. The van der Waals surface area contributed by atoms with Crippen LogP contribution in [0.2, 0.25) is 0 Å². The molecule has 0 radical (unpaired) electrons. The normalized spacial score (nSPS) is 27.0. The third-order valence-electron chi connectivity index (χ3n) is 5.25. The predicted molar refractivity (Wildman–Crippen MR) is 90.5 cm³/mol. The van der Waals surface area contributed by atoms with Gasteiger partial charge in [-0.3, -0.25) is 4.90 Å². The number of piperidine rings is 1. The highest BCUT2D eigenvalue weighted by Gasteiger charge is 2.31. The zero-order chi connectivity index (χ0) is 16.1. The van der Waals surface area contributed by atoms with Crippen molar-refractivity contribution in [2.75, 3.05) is 20.2 Å². The van der Waals surface area contributed by atoms with Gasteiger partial charge in [-0.05, 0) is 31.7 Å². The Balaban J connectivity index is 1.43. The van der Waals surface area contributed by atoms with Crippen LogP contribution < -0.4 is 10.1 Å². The molecule has 1 aromatic rings. The van der Waals surface area contributed by atoms with Gasteiger partial charge in [0.1, 0.15) is 0 Å². The van der Waals surface area contributed by atoms with Crippen LogP contribution in [0.5, 0.6) is 5.88 Å². The number of nitrogens with one attached hydrogen (secondary N) is 1. The standard InChI is InChI=1S/C18H29N3O2/c1-23-18-8-4-5-15(20-18)13-19-14-9-11-21(12-10-14)16-6-2-3-7-17(16)22/h4-5,8,14,16-17,19,22H,2-3,6-7,9-13H2,1H3/t16-,17-/m0/s1. The summed E-state index contributed by atoms with van der Waals surface area (Å²) >= 11 is 0. The number of likely N-dealkylation sites (tertiary alicyclic amines) is 1. The third-order valence-corrected chi connectivity index (χ3v) is 5.25. The molecule has 0 aromatic carbocycles. The zero-order valence-electron chi connectivity index (χ0n) is 14.1. The Morgan fingerprint density at radius 1 is 1.22 bits per heavy atom. The molecular formula is C18H29N3O2. The van der Waals surface area contributed by atoms with Crippen LogP contribution in [-0.2, 0) is 6.54 Å². The van der Waals surface area contributed by atoms with Crippen molar-refractivity contribution in [1.82, 2.24) is 15.2 Å². The minimum Gasteiger partial charge on any atom is -0.481 e. The van der Waals surface area contributed by atoms with E-state index in [-0.39, 0.29) is 6.10 Å². The molecule has 1 saturated heterocycles. The van der Waals surface area contributed by atoms with E-state index in [4.69, 9.17) is 4.74 Å². The van der Waals surface area contributed by atoms with Crippen molar-refractivity contribution in [3.63, 3.8) is 0 Å². The Bertz CT molecular complexity index is 489. The van der Waals surface area contributed by atoms with Gasteiger partial charge in [0.05, 0.1) is 18.9 Å². The van der Waals surface area contributed by atoms with Crippen LogP contribution in [-0.4, -0.2) is 53.4 Å². The Morgan fingerprint density at radius 3 is 2.74 bits per heavy atom. The average Bonchev–Trinajstić information content (AvgIpc) is 2.61. The molecule has 23 heavy (non-hydrogen) atoms. The minimum atomic E-state index is -0.116. The molecule has 1 aromatic heterocycles. The van der Waals surface area contributed by atoms with Crippen molar-refractivity contribution in [1.29, 1.82) is 0 Å².